The van der Waals surface area contributed by atoms with Crippen LogP contribution in [0.1, 0.15) is 69.6 Å². The minimum Gasteiger partial charge on any atom is -0.336 e. The minimum atomic E-state index is -0.307. The Morgan fingerprint density at radius 3 is 2.33 bits per heavy atom. The number of carbonyl (C=O) groups is 3. The van der Waals surface area contributed by atoms with E-state index in [4.69, 9.17) is 0 Å². The second-order valence-corrected chi connectivity index (χ2v) is 7.90. The van der Waals surface area contributed by atoms with Crippen LogP contribution in [0.15, 0.2) is 42.5 Å². The first-order chi connectivity index (χ1) is 14.6. The van der Waals surface area contributed by atoms with E-state index in [0.717, 1.165) is 24.8 Å². The van der Waals surface area contributed by atoms with Crippen LogP contribution in [-0.2, 0) is 12.8 Å². The van der Waals surface area contributed by atoms with Crippen LogP contribution in [-0.4, -0.2) is 35.8 Å². The molecular formula is C24H27N3O3. The first-order valence-corrected chi connectivity index (χ1v) is 10.7. The largest absolute Gasteiger partial charge is 0.336 e. The van der Waals surface area contributed by atoms with E-state index in [1.54, 1.807) is 24.3 Å². The van der Waals surface area contributed by atoms with E-state index in [9.17, 15) is 14.4 Å². The van der Waals surface area contributed by atoms with Crippen LogP contribution in [0, 0.1) is 0 Å². The minimum absolute atomic E-state index is 0.0727. The number of amides is 4. The summed E-state index contributed by atoms with van der Waals surface area (Å²) in [5.74, 6) is -0.614. The van der Waals surface area contributed by atoms with Crippen molar-refractivity contribution in [2.75, 3.05) is 13.1 Å². The number of benzene rings is 2. The van der Waals surface area contributed by atoms with Crippen LogP contribution >= 0.6 is 0 Å². The van der Waals surface area contributed by atoms with Gasteiger partial charge in [0, 0.05) is 13.1 Å². The summed E-state index contributed by atoms with van der Waals surface area (Å²) in [6, 6.07) is 12.9. The highest BCUT2D eigenvalue weighted by molar-refractivity contribution is 6.21. The second kappa shape index (κ2) is 8.69. The standard InChI is InChI=1S/C24H27N3O3/c1-2-21(18-12-11-16-7-3-4-8-17(16)15-18)26-24(30)25-13-14-27-22(28)19-9-5-6-10-20(19)23(27)29/h5-6,9-12,15,21H,2-4,7-8,13-14H2,1H3,(H2,25,26,30). The van der Waals surface area contributed by atoms with Gasteiger partial charge in [-0.3, -0.25) is 14.5 Å². The summed E-state index contributed by atoms with van der Waals surface area (Å²) in [4.78, 5) is 38.4. The molecule has 1 atom stereocenters. The van der Waals surface area contributed by atoms with Gasteiger partial charge in [0.1, 0.15) is 0 Å². The summed E-state index contributed by atoms with van der Waals surface area (Å²) in [6.07, 6.45) is 5.49. The number of hydrogen-bond donors (Lipinski definition) is 2. The van der Waals surface area contributed by atoms with Gasteiger partial charge >= 0.3 is 6.03 Å². The average Bonchev–Trinajstić information content (AvgIpc) is 3.02. The smallest absolute Gasteiger partial charge is 0.315 e. The maximum atomic E-state index is 12.4. The van der Waals surface area contributed by atoms with Crippen LogP contribution in [0.4, 0.5) is 4.79 Å². The third kappa shape index (κ3) is 3.95. The van der Waals surface area contributed by atoms with Crippen LogP contribution in [0.3, 0.4) is 0 Å². The molecule has 4 amide bonds. The Bertz CT molecular complexity index is 950. The molecule has 4 rings (SSSR count). The summed E-state index contributed by atoms with van der Waals surface area (Å²) in [7, 11) is 0. The highest BCUT2D eigenvalue weighted by Crippen LogP contribution is 2.26. The Hall–Kier alpha value is -3.15. The fourth-order valence-electron chi connectivity index (χ4n) is 4.32. The zero-order chi connectivity index (χ0) is 21.1. The zero-order valence-electron chi connectivity index (χ0n) is 17.2. The highest BCUT2D eigenvalue weighted by Gasteiger charge is 2.34. The lowest BCUT2D eigenvalue weighted by Gasteiger charge is -2.22. The van der Waals surface area contributed by atoms with Crippen molar-refractivity contribution < 1.29 is 14.4 Å². The number of aryl methyl sites for hydroxylation is 2. The topological polar surface area (TPSA) is 78.5 Å². The SMILES string of the molecule is CCC(NC(=O)NCCN1C(=O)c2ccccc2C1=O)c1ccc2c(c1)CCCC2. The van der Waals surface area contributed by atoms with Gasteiger partial charge in [-0.2, -0.15) is 0 Å². The fraction of sp³-hybridized carbons (Fsp3) is 0.375. The fourth-order valence-corrected chi connectivity index (χ4v) is 4.32. The Morgan fingerprint density at radius 2 is 1.67 bits per heavy atom. The molecule has 2 aromatic rings. The van der Waals surface area contributed by atoms with Crippen LogP contribution in [0.5, 0.6) is 0 Å². The van der Waals surface area contributed by atoms with Gasteiger partial charge in [0.2, 0.25) is 0 Å². The number of nitrogens with one attached hydrogen (secondary N) is 2. The molecule has 2 N–H and O–H groups in total. The normalized spacial score (nSPS) is 16.1. The monoisotopic (exact) mass is 405 g/mol. The van der Waals surface area contributed by atoms with Crippen LogP contribution in [0.25, 0.3) is 0 Å². The van der Waals surface area contributed by atoms with Gasteiger partial charge < -0.3 is 10.6 Å². The first kappa shape index (κ1) is 20.1. The molecule has 0 fully saturated rings. The van der Waals surface area contributed by atoms with Crippen molar-refractivity contribution in [3.8, 4) is 0 Å². The maximum Gasteiger partial charge on any atom is 0.315 e. The predicted octanol–water partition coefficient (Wildman–Crippen LogP) is 3.61. The van der Waals surface area contributed by atoms with E-state index in [1.807, 2.05) is 6.92 Å². The van der Waals surface area contributed by atoms with E-state index < -0.39 is 0 Å². The Balaban J connectivity index is 1.31. The number of imide groups is 1. The predicted molar refractivity (Wildman–Crippen MR) is 114 cm³/mol. The highest BCUT2D eigenvalue weighted by atomic mass is 16.2. The molecule has 0 bridgehead atoms. The molecule has 2 aromatic carbocycles. The lowest BCUT2D eigenvalue weighted by Crippen LogP contribution is -2.43. The lowest BCUT2D eigenvalue weighted by atomic mass is 9.89. The molecule has 1 unspecified atom stereocenters. The van der Waals surface area contributed by atoms with E-state index in [-0.39, 0.29) is 37.0 Å². The van der Waals surface area contributed by atoms with Gasteiger partial charge in [0.05, 0.1) is 17.2 Å². The molecule has 0 spiro atoms. The molecule has 1 aliphatic carbocycles. The molecule has 1 aliphatic heterocycles. The maximum absolute atomic E-state index is 12.4. The van der Waals surface area contributed by atoms with Gasteiger partial charge in [0.15, 0.2) is 0 Å². The van der Waals surface area contributed by atoms with E-state index in [0.29, 0.717) is 11.1 Å². The van der Waals surface area contributed by atoms with E-state index in [2.05, 4.69) is 28.8 Å². The van der Waals surface area contributed by atoms with Crippen molar-refractivity contribution in [1.29, 1.82) is 0 Å². The molecule has 0 aromatic heterocycles. The second-order valence-electron chi connectivity index (χ2n) is 7.90. The van der Waals surface area contributed by atoms with Crippen LogP contribution < -0.4 is 10.6 Å². The molecule has 6 nitrogen and oxygen atoms in total. The van der Waals surface area contributed by atoms with E-state index in [1.165, 1.54) is 28.9 Å². The van der Waals surface area contributed by atoms with Gasteiger partial charge in [0.25, 0.3) is 11.8 Å². The number of nitrogens with zero attached hydrogens (tertiary/aromatic N) is 1. The molecule has 0 saturated carbocycles. The number of carbonyl (C=O) groups excluding carboxylic acids is 3. The van der Waals surface area contributed by atoms with Gasteiger partial charge in [-0.15, -0.1) is 0 Å². The average molecular weight is 405 g/mol. The molecule has 30 heavy (non-hydrogen) atoms. The Kier molecular flexibility index (Phi) is 5.84. The summed E-state index contributed by atoms with van der Waals surface area (Å²) < 4.78 is 0. The summed E-state index contributed by atoms with van der Waals surface area (Å²) in [5.41, 5.74) is 4.78. The van der Waals surface area contributed by atoms with Crippen molar-refractivity contribution in [2.24, 2.45) is 0 Å². The molecule has 0 saturated heterocycles. The molecule has 0 radical (unpaired) electrons. The van der Waals surface area contributed by atoms with E-state index >= 15 is 0 Å². The molecule has 2 aliphatic rings. The Morgan fingerprint density at radius 1 is 1.00 bits per heavy atom. The van der Waals surface area contributed by atoms with Crippen molar-refractivity contribution in [3.63, 3.8) is 0 Å². The lowest BCUT2D eigenvalue weighted by molar-refractivity contribution is 0.0655. The van der Waals surface area contributed by atoms with Crippen molar-refractivity contribution >= 4 is 17.8 Å². The summed E-state index contributed by atoms with van der Waals surface area (Å²) >= 11 is 0. The number of urea groups is 1. The summed E-state index contributed by atoms with van der Waals surface area (Å²) in [6.45, 7) is 2.40. The number of rotatable bonds is 6. The van der Waals surface area contributed by atoms with Crippen molar-refractivity contribution in [3.05, 3.63) is 70.3 Å². The van der Waals surface area contributed by atoms with Crippen molar-refractivity contribution in [1.82, 2.24) is 15.5 Å². The van der Waals surface area contributed by atoms with Crippen LogP contribution in [0.2, 0.25) is 0 Å². The third-order valence-corrected chi connectivity index (χ3v) is 5.99. The zero-order valence-corrected chi connectivity index (χ0v) is 17.2. The summed E-state index contributed by atoms with van der Waals surface area (Å²) in [5, 5.41) is 5.79. The molecule has 6 heteroatoms. The van der Waals surface area contributed by atoms with Gasteiger partial charge in [-0.1, -0.05) is 37.3 Å². The third-order valence-electron chi connectivity index (χ3n) is 5.99. The molecule has 1 heterocycles. The van der Waals surface area contributed by atoms with Crippen molar-refractivity contribution in [2.45, 2.75) is 45.1 Å². The number of fused-ring (bicyclic) bond motifs is 2. The Labute approximate surface area is 176 Å². The van der Waals surface area contributed by atoms with Gasteiger partial charge in [-0.05, 0) is 60.9 Å². The number of hydrogen-bond acceptors (Lipinski definition) is 3. The molecule has 156 valence electrons. The molecular weight excluding hydrogens is 378 g/mol. The van der Waals surface area contributed by atoms with Gasteiger partial charge in [-0.25, -0.2) is 4.79 Å². The quantitative estimate of drug-likeness (QED) is 0.721. The first-order valence-electron chi connectivity index (χ1n) is 10.7.